The molecule has 1 heterocycles. The third-order valence-corrected chi connectivity index (χ3v) is 4.71. The topological polar surface area (TPSA) is 71.1 Å². The van der Waals surface area contributed by atoms with Crippen molar-refractivity contribution in [2.45, 2.75) is 26.8 Å². The summed E-state index contributed by atoms with van der Waals surface area (Å²) in [4.78, 5) is 5.25. The van der Waals surface area contributed by atoms with Gasteiger partial charge in [-0.2, -0.15) is 0 Å². The second kappa shape index (κ2) is 6.44. The summed E-state index contributed by atoms with van der Waals surface area (Å²) < 4.78 is 26.1. The first-order valence-electron chi connectivity index (χ1n) is 5.57. The van der Waals surface area contributed by atoms with Crippen molar-refractivity contribution in [1.82, 2.24) is 15.0 Å². The van der Waals surface area contributed by atoms with E-state index in [2.05, 4.69) is 15.0 Å². The van der Waals surface area contributed by atoms with Crippen LogP contribution < -0.4 is 10.0 Å². The average Bonchev–Trinajstić information content (AvgIpc) is 2.64. The van der Waals surface area contributed by atoms with Gasteiger partial charge in [-0.25, -0.2) is 18.1 Å². The van der Waals surface area contributed by atoms with Crippen molar-refractivity contribution < 1.29 is 8.42 Å². The lowest BCUT2D eigenvalue weighted by Crippen LogP contribution is -2.33. The Hall–Kier alpha value is -0.500. The van der Waals surface area contributed by atoms with Gasteiger partial charge in [-0.1, -0.05) is 6.92 Å². The molecule has 1 atom stereocenters. The highest BCUT2D eigenvalue weighted by atomic mass is 32.2. The van der Waals surface area contributed by atoms with Crippen LogP contribution in [0.1, 0.15) is 29.8 Å². The van der Waals surface area contributed by atoms with Crippen molar-refractivity contribution in [3.63, 3.8) is 0 Å². The van der Waals surface area contributed by atoms with E-state index >= 15 is 0 Å². The fraction of sp³-hybridized carbons (Fsp3) is 0.700. The molecule has 0 saturated heterocycles. The number of aromatic nitrogens is 1. The molecule has 0 bridgehead atoms. The molecule has 1 aromatic rings. The van der Waals surface area contributed by atoms with Crippen molar-refractivity contribution in [2.24, 2.45) is 0 Å². The first-order chi connectivity index (χ1) is 7.94. The third-order valence-electron chi connectivity index (χ3n) is 2.16. The monoisotopic (exact) mass is 277 g/mol. The number of hydrogen-bond acceptors (Lipinski definition) is 5. The average molecular weight is 277 g/mol. The van der Waals surface area contributed by atoms with E-state index in [-0.39, 0.29) is 11.8 Å². The summed E-state index contributed by atoms with van der Waals surface area (Å²) >= 11 is 1.51. The molecule has 0 amide bonds. The molecule has 2 N–H and O–H groups in total. The Morgan fingerprint density at radius 2 is 2.24 bits per heavy atom. The first kappa shape index (κ1) is 14.6. The highest BCUT2D eigenvalue weighted by Gasteiger charge is 2.17. The Morgan fingerprint density at radius 1 is 1.53 bits per heavy atom. The SMILES string of the molecule is CCNCCS(=O)(=O)NC(C)c1ncc(C)s1. The van der Waals surface area contributed by atoms with Gasteiger partial charge in [-0.15, -0.1) is 11.3 Å². The lowest BCUT2D eigenvalue weighted by atomic mass is 10.4. The molecule has 0 aliphatic heterocycles. The molecule has 0 radical (unpaired) electrons. The Kier molecular flexibility index (Phi) is 5.51. The van der Waals surface area contributed by atoms with E-state index in [0.717, 1.165) is 16.4 Å². The summed E-state index contributed by atoms with van der Waals surface area (Å²) in [5.41, 5.74) is 0. The zero-order valence-electron chi connectivity index (χ0n) is 10.4. The van der Waals surface area contributed by atoms with Crippen LogP contribution in [0.2, 0.25) is 0 Å². The van der Waals surface area contributed by atoms with Crippen molar-refractivity contribution in [3.8, 4) is 0 Å². The molecule has 0 aromatic carbocycles. The van der Waals surface area contributed by atoms with Crippen LogP contribution in [0.15, 0.2) is 6.20 Å². The van der Waals surface area contributed by atoms with E-state index in [9.17, 15) is 8.42 Å². The molecule has 0 aliphatic rings. The van der Waals surface area contributed by atoms with Gasteiger partial charge in [-0.3, -0.25) is 0 Å². The van der Waals surface area contributed by atoms with Crippen LogP contribution in [0.25, 0.3) is 0 Å². The fourth-order valence-corrected chi connectivity index (χ4v) is 3.37. The summed E-state index contributed by atoms with van der Waals surface area (Å²) in [6.45, 7) is 6.95. The van der Waals surface area contributed by atoms with Crippen molar-refractivity contribution in [1.29, 1.82) is 0 Å². The van der Waals surface area contributed by atoms with E-state index in [1.165, 1.54) is 11.3 Å². The van der Waals surface area contributed by atoms with Gasteiger partial charge in [0.25, 0.3) is 0 Å². The number of rotatable bonds is 7. The molecule has 0 saturated carbocycles. The fourth-order valence-electron chi connectivity index (χ4n) is 1.33. The molecule has 1 unspecified atom stereocenters. The van der Waals surface area contributed by atoms with E-state index in [0.29, 0.717) is 6.54 Å². The van der Waals surface area contributed by atoms with Crippen molar-refractivity contribution in [3.05, 3.63) is 16.1 Å². The molecule has 7 heteroatoms. The van der Waals surface area contributed by atoms with E-state index in [1.807, 2.05) is 20.8 Å². The van der Waals surface area contributed by atoms with Crippen LogP contribution in [-0.2, 0) is 10.0 Å². The Balaban J connectivity index is 2.52. The maximum atomic E-state index is 11.7. The first-order valence-corrected chi connectivity index (χ1v) is 8.04. The van der Waals surface area contributed by atoms with Gasteiger partial charge in [0.1, 0.15) is 5.01 Å². The van der Waals surface area contributed by atoms with Gasteiger partial charge < -0.3 is 5.32 Å². The van der Waals surface area contributed by atoms with Crippen LogP contribution in [0.3, 0.4) is 0 Å². The number of sulfonamides is 1. The smallest absolute Gasteiger partial charge is 0.213 e. The minimum atomic E-state index is -3.24. The van der Waals surface area contributed by atoms with E-state index < -0.39 is 10.0 Å². The largest absolute Gasteiger partial charge is 0.316 e. The minimum absolute atomic E-state index is 0.0928. The Morgan fingerprint density at radius 3 is 2.76 bits per heavy atom. The molecule has 1 aromatic heterocycles. The summed E-state index contributed by atoms with van der Waals surface area (Å²) in [6, 6.07) is -0.264. The van der Waals surface area contributed by atoms with E-state index in [1.54, 1.807) is 6.20 Å². The number of hydrogen-bond donors (Lipinski definition) is 2. The summed E-state index contributed by atoms with van der Waals surface area (Å²) in [5.74, 6) is 0.0928. The van der Waals surface area contributed by atoms with Crippen LogP contribution in [0.5, 0.6) is 0 Å². The Bertz CT molecular complexity index is 442. The van der Waals surface area contributed by atoms with E-state index in [4.69, 9.17) is 0 Å². The second-order valence-electron chi connectivity index (χ2n) is 3.82. The lowest BCUT2D eigenvalue weighted by molar-refractivity contribution is 0.563. The van der Waals surface area contributed by atoms with Crippen LogP contribution in [-0.4, -0.2) is 32.2 Å². The number of nitrogens with one attached hydrogen (secondary N) is 2. The molecule has 5 nitrogen and oxygen atoms in total. The number of nitrogens with zero attached hydrogens (tertiary/aromatic N) is 1. The maximum absolute atomic E-state index is 11.7. The number of thiazole rings is 1. The highest BCUT2D eigenvalue weighted by Crippen LogP contribution is 2.19. The highest BCUT2D eigenvalue weighted by molar-refractivity contribution is 7.89. The van der Waals surface area contributed by atoms with Crippen molar-refractivity contribution >= 4 is 21.4 Å². The zero-order valence-corrected chi connectivity index (χ0v) is 12.0. The normalized spacial score (nSPS) is 13.8. The van der Waals surface area contributed by atoms with Crippen LogP contribution in [0, 0.1) is 6.92 Å². The quantitative estimate of drug-likeness (QED) is 0.731. The zero-order chi connectivity index (χ0) is 12.9. The van der Waals surface area contributed by atoms with Gasteiger partial charge in [0.05, 0.1) is 11.8 Å². The lowest BCUT2D eigenvalue weighted by Gasteiger charge is -2.11. The Labute approximate surface area is 107 Å². The maximum Gasteiger partial charge on any atom is 0.213 e. The third kappa shape index (κ3) is 5.12. The van der Waals surface area contributed by atoms with Crippen LogP contribution in [0.4, 0.5) is 0 Å². The molecule has 17 heavy (non-hydrogen) atoms. The summed E-state index contributed by atoms with van der Waals surface area (Å²) in [5, 5.41) is 3.79. The summed E-state index contributed by atoms with van der Waals surface area (Å²) in [6.07, 6.45) is 1.75. The van der Waals surface area contributed by atoms with Gasteiger partial charge in [0.2, 0.25) is 10.0 Å². The number of aryl methyl sites for hydroxylation is 1. The van der Waals surface area contributed by atoms with Crippen LogP contribution >= 0.6 is 11.3 Å². The molecule has 0 fully saturated rings. The molecule has 98 valence electrons. The van der Waals surface area contributed by atoms with Gasteiger partial charge in [0, 0.05) is 17.6 Å². The predicted octanol–water partition coefficient (Wildman–Crippen LogP) is 1.04. The molecule has 1 rings (SSSR count). The van der Waals surface area contributed by atoms with Gasteiger partial charge in [-0.05, 0) is 20.4 Å². The summed E-state index contributed by atoms with van der Waals surface area (Å²) in [7, 11) is -3.24. The minimum Gasteiger partial charge on any atom is -0.316 e. The second-order valence-corrected chi connectivity index (χ2v) is 6.96. The molecular formula is C10H19N3O2S2. The van der Waals surface area contributed by atoms with Gasteiger partial charge in [0.15, 0.2) is 0 Å². The van der Waals surface area contributed by atoms with Gasteiger partial charge >= 0.3 is 0 Å². The predicted molar refractivity (Wildman–Crippen MR) is 70.7 cm³/mol. The molecular weight excluding hydrogens is 258 g/mol. The standard InChI is InChI=1S/C10H19N3O2S2/c1-4-11-5-6-17(14,15)13-9(3)10-12-7-8(2)16-10/h7,9,11,13H,4-6H2,1-3H3. The van der Waals surface area contributed by atoms with Crippen molar-refractivity contribution in [2.75, 3.05) is 18.8 Å². The molecule has 0 spiro atoms. The molecule has 0 aliphatic carbocycles.